The number of sulfonamides is 1. The lowest BCUT2D eigenvalue weighted by Gasteiger charge is -2.21. The van der Waals surface area contributed by atoms with E-state index in [1.807, 2.05) is 0 Å². The van der Waals surface area contributed by atoms with Crippen molar-refractivity contribution < 1.29 is 22.9 Å². The van der Waals surface area contributed by atoms with E-state index in [4.69, 9.17) is 4.84 Å². The molecule has 0 saturated heterocycles. The molecule has 0 bridgehead atoms. The minimum atomic E-state index is -3.75. The van der Waals surface area contributed by atoms with E-state index in [1.165, 1.54) is 26.3 Å². The fourth-order valence-electron chi connectivity index (χ4n) is 2.51. The van der Waals surface area contributed by atoms with Crippen molar-refractivity contribution in [3.8, 4) is 0 Å². The first-order valence-corrected chi connectivity index (χ1v) is 9.19. The Bertz CT molecular complexity index is 659. The number of hydrogen-bond acceptors (Lipinski definition) is 6. The lowest BCUT2D eigenvalue weighted by atomic mass is 10.3. The highest BCUT2D eigenvalue weighted by molar-refractivity contribution is 7.89. The SMILES string of the molecule is CONC(=O)CNc1cccc(S(=O)(=O)N(C)OC2CCCC2)c1. The Balaban J connectivity index is 2.03. The predicted octanol–water partition coefficient (Wildman–Crippen LogP) is 1.27. The van der Waals surface area contributed by atoms with Crippen LogP contribution < -0.4 is 10.8 Å². The number of amides is 1. The van der Waals surface area contributed by atoms with Crippen molar-refractivity contribution in [1.29, 1.82) is 0 Å². The number of carbonyl (C=O) groups is 1. The Hall–Kier alpha value is -1.68. The molecule has 1 aromatic rings. The summed E-state index contributed by atoms with van der Waals surface area (Å²) >= 11 is 0. The van der Waals surface area contributed by atoms with Gasteiger partial charge in [0.2, 0.25) is 0 Å². The minimum absolute atomic E-state index is 0.0360. The van der Waals surface area contributed by atoms with Gasteiger partial charge in [-0.05, 0) is 31.0 Å². The maximum Gasteiger partial charge on any atom is 0.264 e. The highest BCUT2D eigenvalue weighted by atomic mass is 32.2. The summed E-state index contributed by atoms with van der Waals surface area (Å²) in [6.45, 7) is -0.0360. The zero-order valence-corrected chi connectivity index (χ0v) is 14.6. The second-order valence-corrected chi connectivity index (χ2v) is 7.47. The molecule has 2 N–H and O–H groups in total. The number of anilines is 1. The Morgan fingerprint density at radius 1 is 1.33 bits per heavy atom. The third-order valence-corrected chi connectivity index (χ3v) is 5.35. The van der Waals surface area contributed by atoms with Crippen molar-refractivity contribution in [1.82, 2.24) is 9.95 Å². The second-order valence-electron chi connectivity index (χ2n) is 5.54. The molecule has 0 aliphatic heterocycles. The number of nitrogens with zero attached hydrogens (tertiary/aromatic N) is 1. The molecule has 0 atom stereocenters. The van der Waals surface area contributed by atoms with Gasteiger partial charge >= 0.3 is 0 Å². The molecule has 1 amide bonds. The molecule has 2 rings (SSSR count). The zero-order valence-electron chi connectivity index (χ0n) is 13.8. The third kappa shape index (κ3) is 4.91. The van der Waals surface area contributed by atoms with Gasteiger partial charge in [-0.15, -0.1) is 0 Å². The maximum absolute atomic E-state index is 12.6. The van der Waals surface area contributed by atoms with E-state index in [-0.39, 0.29) is 23.5 Å². The van der Waals surface area contributed by atoms with Crippen LogP contribution in [0.25, 0.3) is 0 Å². The predicted molar refractivity (Wildman–Crippen MR) is 88.4 cm³/mol. The number of benzene rings is 1. The summed E-state index contributed by atoms with van der Waals surface area (Å²) in [7, 11) is -1.01. The molecule has 0 aromatic heterocycles. The molecule has 1 fully saturated rings. The molecule has 0 heterocycles. The average Bonchev–Trinajstić information content (AvgIpc) is 3.06. The molecular weight excluding hydrogens is 334 g/mol. The Kier molecular flexibility index (Phi) is 6.55. The Labute approximate surface area is 142 Å². The van der Waals surface area contributed by atoms with Crippen molar-refractivity contribution in [3.63, 3.8) is 0 Å². The van der Waals surface area contributed by atoms with Gasteiger partial charge in [-0.3, -0.25) is 14.5 Å². The zero-order chi connectivity index (χ0) is 17.6. The summed E-state index contributed by atoms with van der Waals surface area (Å²) in [5.74, 6) is -0.368. The molecule has 24 heavy (non-hydrogen) atoms. The van der Waals surface area contributed by atoms with Crippen molar-refractivity contribution in [2.45, 2.75) is 36.7 Å². The summed E-state index contributed by atoms with van der Waals surface area (Å²) in [5, 5.41) is 2.84. The first kappa shape index (κ1) is 18.7. The molecule has 134 valence electrons. The normalized spacial score (nSPS) is 15.6. The van der Waals surface area contributed by atoms with Gasteiger partial charge in [0.15, 0.2) is 0 Å². The highest BCUT2D eigenvalue weighted by Crippen LogP contribution is 2.25. The molecule has 0 radical (unpaired) electrons. The number of rotatable bonds is 8. The maximum atomic E-state index is 12.6. The standard InChI is InChI=1S/C15H23N3O5S/c1-18(23-13-7-3-4-8-13)24(20,21)14-9-5-6-12(10-14)16-11-15(19)17-22-2/h5-6,9-10,13,16H,3-4,7-8,11H2,1-2H3,(H,17,19). The Morgan fingerprint density at radius 2 is 2.04 bits per heavy atom. The van der Waals surface area contributed by atoms with Gasteiger partial charge in [0, 0.05) is 12.7 Å². The molecule has 1 aromatic carbocycles. The van der Waals surface area contributed by atoms with E-state index in [9.17, 15) is 13.2 Å². The molecule has 8 nitrogen and oxygen atoms in total. The fraction of sp³-hybridized carbons (Fsp3) is 0.533. The van der Waals surface area contributed by atoms with Crippen LogP contribution in [0.1, 0.15) is 25.7 Å². The Morgan fingerprint density at radius 3 is 2.71 bits per heavy atom. The smallest absolute Gasteiger partial charge is 0.264 e. The van der Waals surface area contributed by atoms with Gasteiger partial charge in [-0.25, -0.2) is 13.9 Å². The molecule has 0 unspecified atom stereocenters. The molecule has 1 saturated carbocycles. The molecule has 0 spiro atoms. The van der Waals surface area contributed by atoms with E-state index in [0.29, 0.717) is 5.69 Å². The lowest BCUT2D eigenvalue weighted by Crippen LogP contribution is -2.31. The van der Waals surface area contributed by atoms with E-state index in [0.717, 1.165) is 30.2 Å². The third-order valence-electron chi connectivity index (χ3n) is 3.74. The van der Waals surface area contributed by atoms with Crippen molar-refractivity contribution in [2.24, 2.45) is 0 Å². The van der Waals surface area contributed by atoms with Gasteiger partial charge in [0.25, 0.3) is 15.9 Å². The molecule has 1 aliphatic carbocycles. The first-order chi connectivity index (χ1) is 11.4. The van der Waals surface area contributed by atoms with E-state index < -0.39 is 10.0 Å². The van der Waals surface area contributed by atoms with E-state index in [2.05, 4.69) is 15.6 Å². The van der Waals surface area contributed by atoms with Crippen LogP contribution in [0.5, 0.6) is 0 Å². The number of carbonyl (C=O) groups excluding carboxylic acids is 1. The van der Waals surface area contributed by atoms with Crippen molar-refractivity contribution in [3.05, 3.63) is 24.3 Å². The fourth-order valence-corrected chi connectivity index (χ4v) is 3.57. The summed E-state index contributed by atoms with van der Waals surface area (Å²) < 4.78 is 26.1. The summed E-state index contributed by atoms with van der Waals surface area (Å²) in [4.78, 5) is 21.5. The molecule has 9 heteroatoms. The van der Waals surface area contributed by atoms with Gasteiger partial charge in [-0.2, -0.15) is 0 Å². The van der Waals surface area contributed by atoms with Crippen LogP contribution in [-0.2, 0) is 24.5 Å². The monoisotopic (exact) mass is 357 g/mol. The quantitative estimate of drug-likeness (QED) is 0.680. The summed E-state index contributed by atoms with van der Waals surface area (Å²) in [5.41, 5.74) is 2.68. The number of nitrogens with one attached hydrogen (secondary N) is 2. The van der Waals surface area contributed by atoms with Crippen LogP contribution in [0.15, 0.2) is 29.2 Å². The number of hydrogen-bond donors (Lipinski definition) is 2. The van der Waals surface area contributed by atoms with E-state index in [1.54, 1.807) is 12.1 Å². The molecular formula is C15H23N3O5S. The van der Waals surface area contributed by atoms with E-state index >= 15 is 0 Å². The van der Waals surface area contributed by atoms with Crippen LogP contribution in [-0.4, -0.2) is 45.6 Å². The van der Waals surface area contributed by atoms with Crippen LogP contribution in [0.2, 0.25) is 0 Å². The van der Waals surface area contributed by atoms with Crippen LogP contribution in [0, 0.1) is 0 Å². The van der Waals surface area contributed by atoms with Gasteiger partial charge in [-0.1, -0.05) is 23.4 Å². The van der Waals surface area contributed by atoms with Crippen molar-refractivity contribution >= 4 is 21.6 Å². The minimum Gasteiger partial charge on any atom is -0.376 e. The van der Waals surface area contributed by atoms with Gasteiger partial charge in [0.1, 0.15) is 0 Å². The summed E-state index contributed by atoms with van der Waals surface area (Å²) in [6.07, 6.45) is 3.80. The van der Waals surface area contributed by atoms with Gasteiger partial charge in [0.05, 0.1) is 24.7 Å². The highest BCUT2D eigenvalue weighted by Gasteiger charge is 2.26. The largest absolute Gasteiger partial charge is 0.376 e. The second kappa shape index (κ2) is 8.43. The van der Waals surface area contributed by atoms with Crippen molar-refractivity contribution in [2.75, 3.05) is 26.0 Å². The topological polar surface area (TPSA) is 97.0 Å². The van der Waals surface area contributed by atoms with Gasteiger partial charge < -0.3 is 5.32 Å². The molecule has 1 aliphatic rings. The first-order valence-electron chi connectivity index (χ1n) is 7.75. The average molecular weight is 357 g/mol. The lowest BCUT2D eigenvalue weighted by molar-refractivity contribution is -0.129. The number of hydroxylamine groups is 2. The summed E-state index contributed by atoms with van der Waals surface area (Å²) in [6, 6.07) is 6.23. The van der Waals surface area contributed by atoms with Crippen LogP contribution in [0.3, 0.4) is 0 Å². The van der Waals surface area contributed by atoms with Crippen LogP contribution >= 0.6 is 0 Å². The van der Waals surface area contributed by atoms with Crippen LogP contribution in [0.4, 0.5) is 5.69 Å².